The molecule has 4 heteroatoms. The maximum absolute atomic E-state index is 5.41. The minimum atomic E-state index is -0.698. The van der Waals surface area contributed by atoms with Gasteiger partial charge in [-0.2, -0.15) is 0 Å². The van der Waals surface area contributed by atoms with Crippen molar-refractivity contribution in [3.8, 4) is 11.5 Å². The van der Waals surface area contributed by atoms with Gasteiger partial charge >= 0.3 is 6.48 Å². The second kappa shape index (κ2) is 5.58. The van der Waals surface area contributed by atoms with Crippen LogP contribution in [-0.4, -0.2) is 27.8 Å². The smallest absolute Gasteiger partial charge is 0.315 e. The number of methoxy groups -OCH3 is 3. The highest BCUT2D eigenvalue weighted by molar-refractivity contribution is 5.37. The summed E-state index contributed by atoms with van der Waals surface area (Å²) in [6.45, 7) is 1.26. The Morgan fingerprint density at radius 3 is 2.07 bits per heavy atom. The number of ether oxygens (including phenoxy) is 4. The maximum Gasteiger partial charge on any atom is 0.315 e. The van der Waals surface area contributed by atoms with E-state index in [0.717, 1.165) is 11.3 Å². The van der Waals surface area contributed by atoms with Gasteiger partial charge in [-0.3, -0.25) is 0 Å². The summed E-state index contributed by atoms with van der Waals surface area (Å²) >= 11 is 0. The zero-order valence-corrected chi connectivity index (χ0v) is 9.44. The van der Waals surface area contributed by atoms with Crippen LogP contribution in [0.25, 0.3) is 0 Å². The average Bonchev–Trinajstić information content (AvgIpc) is 2.25. The van der Waals surface area contributed by atoms with Crippen LogP contribution in [0.5, 0.6) is 11.5 Å². The molecule has 0 N–H and O–H groups in total. The van der Waals surface area contributed by atoms with Gasteiger partial charge in [-0.05, 0) is 24.6 Å². The zero-order valence-electron chi connectivity index (χ0n) is 9.44. The second-order valence-corrected chi connectivity index (χ2v) is 3.06. The first-order valence-corrected chi connectivity index (χ1v) is 4.57. The standard InChI is InChI=1S/C11H16O4/c1-8-5-9(12-2)7-10(6-8)15-11(13-3)14-4/h5-7,11H,1-4H3. The lowest BCUT2D eigenvalue weighted by Crippen LogP contribution is -2.20. The maximum atomic E-state index is 5.41. The van der Waals surface area contributed by atoms with E-state index in [1.165, 1.54) is 14.2 Å². The molecule has 0 heterocycles. The summed E-state index contributed by atoms with van der Waals surface area (Å²) in [6.07, 6.45) is 0. The molecule has 0 aromatic heterocycles. The Bertz CT molecular complexity index is 307. The van der Waals surface area contributed by atoms with Crippen molar-refractivity contribution in [1.82, 2.24) is 0 Å². The van der Waals surface area contributed by atoms with Crippen LogP contribution in [0.4, 0.5) is 0 Å². The van der Waals surface area contributed by atoms with Crippen molar-refractivity contribution in [1.29, 1.82) is 0 Å². The molecular weight excluding hydrogens is 196 g/mol. The summed E-state index contributed by atoms with van der Waals surface area (Å²) in [4.78, 5) is 0. The molecule has 1 aromatic rings. The second-order valence-electron chi connectivity index (χ2n) is 3.06. The minimum absolute atomic E-state index is 0.653. The molecule has 0 saturated carbocycles. The Hall–Kier alpha value is -1.26. The third kappa shape index (κ3) is 3.42. The molecule has 0 amide bonds. The first-order chi connectivity index (χ1) is 7.19. The van der Waals surface area contributed by atoms with Gasteiger partial charge in [0.15, 0.2) is 0 Å². The number of benzene rings is 1. The van der Waals surface area contributed by atoms with Crippen molar-refractivity contribution in [3.63, 3.8) is 0 Å². The van der Waals surface area contributed by atoms with Gasteiger partial charge in [0, 0.05) is 20.3 Å². The van der Waals surface area contributed by atoms with E-state index in [0.29, 0.717) is 5.75 Å². The third-order valence-electron chi connectivity index (χ3n) is 1.88. The van der Waals surface area contributed by atoms with E-state index in [4.69, 9.17) is 18.9 Å². The zero-order chi connectivity index (χ0) is 11.3. The molecule has 0 radical (unpaired) electrons. The molecule has 0 aliphatic heterocycles. The van der Waals surface area contributed by atoms with Crippen molar-refractivity contribution >= 4 is 0 Å². The summed E-state index contributed by atoms with van der Waals surface area (Å²) in [5.74, 6) is 1.40. The fourth-order valence-corrected chi connectivity index (χ4v) is 1.20. The monoisotopic (exact) mass is 212 g/mol. The minimum Gasteiger partial charge on any atom is -0.497 e. The van der Waals surface area contributed by atoms with Gasteiger partial charge in [0.25, 0.3) is 0 Å². The van der Waals surface area contributed by atoms with E-state index in [2.05, 4.69) is 0 Å². The van der Waals surface area contributed by atoms with E-state index >= 15 is 0 Å². The van der Waals surface area contributed by atoms with Crippen LogP contribution in [0, 0.1) is 6.92 Å². The molecule has 0 bridgehead atoms. The van der Waals surface area contributed by atoms with Gasteiger partial charge < -0.3 is 18.9 Å². The predicted molar refractivity (Wildman–Crippen MR) is 56.2 cm³/mol. The lowest BCUT2D eigenvalue weighted by atomic mass is 10.2. The number of aryl methyl sites for hydroxylation is 1. The lowest BCUT2D eigenvalue weighted by molar-refractivity contribution is -0.219. The van der Waals surface area contributed by atoms with E-state index in [1.807, 2.05) is 19.1 Å². The molecule has 84 valence electrons. The molecule has 0 unspecified atom stereocenters. The van der Waals surface area contributed by atoms with Crippen LogP contribution in [0.15, 0.2) is 18.2 Å². The summed E-state index contributed by atoms with van der Waals surface area (Å²) < 4.78 is 20.4. The van der Waals surface area contributed by atoms with Crippen LogP contribution >= 0.6 is 0 Å². The summed E-state index contributed by atoms with van der Waals surface area (Å²) in [7, 11) is 4.64. The molecular formula is C11H16O4. The molecule has 1 rings (SSSR count). The predicted octanol–water partition coefficient (Wildman–Crippen LogP) is 1.96. The van der Waals surface area contributed by atoms with Gasteiger partial charge in [0.2, 0.25) is 0 Å². The number of hydrogen-bond acceptors (Lipinski definition) is 4. The van der Waals surface area contributed by atoms with Crippen LogP contribution in [0.1, 0.15) is 5.56 Å². The Morgan fingerprint density at radius 2 is 1.53 bits per heavy atom. The lowest BCUT2D eigenvalue weighted by Gasteiger charge is -2.16. The van der Waals surface area contributed by atoms with E-state index in [1.54, 1.807) is 13.2 Å². The fourth-order valence-electron chi connectivity index (χ4n) is 1.20. The molecule has 0 spiro atoms. The van der Waals surface area contributed by atoms with Crippen molar-refractivity contribution in [3.05, 3.63) is 23.8 Å². The van der Waals surface area contributed by atoms with Crippen LogP contribution in [0.2, 0.25) is 0 Å². The molecule has 0 atom stereocenters. The largest absolute Gasteiger partial charge is 0.497 e. The Kier molecular flexibility index (Phi) is 4.39. The van der Waals surface area contributed by atoms with Crippen molar-refractivity contribution in [2.45, 2.75) is 13.4 Å². The van der Waals surface area contributed by atoms with Crippen LogP contribution in [0.3, 0.4) is 0 Å². The third-order valence-corrected chi connectivity index (χ3v) is 1.88. The molecule has 1 aromatic carbocycles. The van der Waals surface area contributed by atoms with Gasteiger partial charge in [0.05, 0.1) is 7.11 Å². The van der Waals surface area contributed by atoms with E-state index in [9.17, 15) is 0 Å². The highest BCUT2D eigenvalue weighted by Crippen LogP contribution is 2.23. The molecule has 0 aliphatic rings. The molecule has 0 aliphatic carbocycles. The molecule has 0 saturated heterocycles. The summed E-state index contributed by atoms with van der Waals surface area (Å²) in [6, 6.07) is 5.58. The Morgan fingerprint density at radius 1 is 0.933 bits per heavy atom. The SMILES string of the molecule is COc1cc(C)cc(OC(OC)OC)c1. The van der Waals surface area contributed by atoms with Crippen molar-refractivity contribution in [2.75, 3.05) is 21.3 Å². The highest BCUT2D eigenvalue weighted by atomic mass is 16.8. The van der Waals surface area contributed by atoms with E-state index in [-0.39, 0.29) is 0 Å². The molecule has 15 heavy (non-hydrogen) atoms. The molecule has 0 fully saturated rings. The summed E-state index contributed by atoms with van der Waals surface area (Å²) in [5, 5.41) is 0. The first kappa shape index (κ1) is 11.8. The van der Waals surface area contributed by atoms with Crippen molar-refractivity contribution < 1.29 is 18.9 Å². The number of hydrogen-bond donors (Lipinski definition) is 0. The van der Waals surface area contributed by atoms with Gasteiger partial charge in [-0.15, -0.1) is 0 Å². The van der Waals surface area contributed by atoms with E-state index < -0.39 is 6.48 Å². The molecule has 4 nitrogen and oxygen atoms in total. The first-order valence-electron chi connectivity index (χ1n) is 4.57. The number of rotatable bonds is 5. The summed E-state index contributed by atoms with van der Waals surface area (Å²) in [5.41, 5.74) is 1.05. The normalized spacial score (nSPS) is 10.5. The van der Waals surface area contributed by atoms with Crippen molar-refractivity contribution in [2.24, 2.45) is 0 Å². The van der Waals surface area contributed by atoms with Gasteiger partial charge in [-0.25, -0.2) is 0 Å². The Balaban J connectivity index is 2.79. The Labute approximate surface area is 89.7 Å². The van der Waals surface area contributed by atoms with Gasteiger partial charge in [-0.1, -0.05) is 0 Å². The van der Waals surface area contributed by atoms with Gasteiger partial charge in [0.1, 0.15) is 11.5 Å². The highest BCUT2D eigenvalue weighted by Gasteiger charge is 2.08. The van der Waals surface area contributed by atoms with Crippen LogP contribution < -0.4 is 9.47 Å². The quantitative estimate of drug-likeness (QED) is 0.699. The average molecular weight is 212 g/mol. The van der Waals surface area contributed by atoms with Crippen LogP contribution in [-0.2, 0) is 9.47 Å². The topological polar surface area (TPSA) is 36.9 Å². The fraction of sp³-hybridized carbons (Fsp3) is 0.455.